The standard InChI is InChI=1S/C26H25F2N5O2/c1-35-23-10-6-5-9-19(23)21-15-22(24(27)28)33-25(30-21)20(16-29-33)26(34)32-13-11-31(12-14-32)17-18-7-3-2-4-8-18/h2-10,15-16,24H,11-14,17H2,1H3. The SMILES string of the molecule is COc1ccccc1-c1cc(C(F)F)n2ncc(C(=O)N3CCN(Cc4ccccc4)CC3)c2n1. The number of hydrogen-bond acceptors (Lipinski definition) is 5. The molecule has 0 N–H and O–H groups in total. The van der Waals surface area contributed by atoms with Crippen LogP contribution in [-0.4, -0.2) is 63.6 Å². The molecule has 35 heavy (non-hydrogen) atoms. The first-order valence-corrected chi connectivity index (χ1v) is 11.4. The fourth-order valence-electron chi connectivity index (χ4n) is 4.41. The molecule has 5 rings (SSSR count). The summed E-state index contributed by atoms with van der Waals surface area (Å²) < 4.78 is 34.3. The summed E-state index contributed by atoms with van der Waals surface area (Å²) in [4.78, 5) is 22.0. The number of benzene rings is 2. The highest BCUT2D eigenvalue weighted by molar-refractivity contribution is 6.00. The molecule has 0 saturated carbocycles. The van der Waals surface area contributed by atoms with Crippen molar-refractivity contribution in [1.29, 1.82) is 0 Å². The van der Waals surface area contributed by atoms with E-state index in [1.165, 1.54) is 24.9 Å². The third-order valence-corrected chi connectivity index (χ3v) is 6.24. The van der Waals surface area contributed by atoms with Crippen molar-refractivity contribution in [3.63, 3.8) is 0 Å². The second-order valence-electron chi connectivity index (χ2n) is 8.41. The zero-order chi connectivity index (χ0) is 24.4. The summed E-state index contributed by atoms with van der Waals surface area (Å²) in [6.07, 6.45) is -1.46. The fourth-order valence-corrected chi connectivity index (χ4v) is 4.41. The predicted molar refractivity (Wildman–Crippen MR) is 128 cm³/mol. The van der Waals surface area contributed by atoms with Crippen LogP contribution in [0.3, 0.4) is 0 Å². The van der Waals surface area contributed by atoms with Crippen LogP contribution in [0.1, 0.15) is 28.0 Å². The molecule has 2 aromatic heterocycles. The van der Waals surface area contributed by atoms with Crippen LogP contribution in [0, 0.1) is 0 Å². The first kappa shape index (κ1) is 22.9. The molecule has 0 bridgehead atoms. The predicted octanol–water partition coefficient (Wildman–Crippen LogP) is 4.30. The van der Waals surface area contributed by atoms with Gasteiger partial charge in [0.05, 0.1) is 19.0 Å². The van der Waals surface area contributed by atoms with Crippen LogP contribution in [0.15, 0.2) is 66.9 Å². The van der Waals surface area contributed by atoms with Crippen LogP contribution in [-0.2, 0) is 6.54 Å². The number of halogens is 2. The number of aromatic nitrogens is 3. The van der Waals surface area contributed by atoms with E-state index in [0.29, 0.717) is 30.1 Å². The van der Waals surface area contributed by atoms with E-state index in [1.807, 2.05) is 18.2 Å². The molecule has 0 atom stereocenters. The summed E-state index contributed by atoms with van der Waals surface area (Å²) in [5.41, 5.74) is 2.08. The summed E-state index contributed by atoms with van der Waals surface area (Å²) >= 11 is 0. The number of carbonyl (C=O) groups is 1. The van der Waals surface area contributed by atoms with Crippen molar-refractivity contribution >= 4 is 11.6 Å². The average molecular weight is 478 g/mol. The van der Waals surface area contributed by atoms with Gasteiger partial charge in [-0.15, -0.1) is 0 Å². The summed E-state index contributed by atoms with van der Waals surface area (Å²) in [7, 11) is 1.51. The number of alkyl halides is 2. The van der Waals surface area contributed by atoms with Crippen LogP contribution in [0.2, 0.25) is 0 Å². The van der Waals surface area contributed by atoms with Crippen molar-refractivity contribution < 1.29 is 18.3 Å². The first-order valence-electron chi connectivity index (χ1n) is 11.4. The molecule has 7 nitrogen and oxygen atoms in total. The zero-order valence-corrected chi connectivity index (χ0v) is 19.3. The van der Waals surface area contributed by atoms with E-state index in [1.54, 1.807) is 29.2 Å². The Labute approximate surface area is 201 Å². The number of fused-ring (bicyclic) bond motifs is 1. The second-order valence-corrected chi connectivity index (χ2v) is 8.41. The topological polar surface area (TPSA) is 63.0 Å². The van der Waals surface area contributed by atoms with E-state index in [4.69, 9.17) is 4.74 Å². The highest BCUT2D eigenvalue weighted by atomic mass is 19.3. The molecule has 180 valence electrons. The summed E-state index contributed by atoms with van der Waals surface area (Å²) in [5, 5.41) is 4.09. The molecule has 1 fully saturated rings. The van der Waals surface area contributed by atoms with Crippen LogP contribution >= 0.6 is 0 Å². The van der Waals surface area contributed by atoms with Gasteiger partial charge in [0.25, 0.3) is 12.3 Å². The first-order chi connectivity index (χ1) is 17.0. The Morgan fingerprint density at radius 3 is 2.46 bits per heavy atom. The molecular weight excluding hydrogens is 452 g/mol. The van der Waals surface area contributed by atoms with Crippen LogP contribution in [0.5, 0.6) is 5.75 Å². The van der Waals surface area contributed by atoms with Crippen molar-refractivity contribution in [2.75, 3.05) is 33.3 Å². The lowest BCUT2D eigenvalue weighted by molar-refractivity contribution is 0.0630. The Hall–Kier alpha value is -3.85. The Morgan fingerprint density at radius 2 is 1.74 bits per heavy atom. The van der Waals surface area contributed by atoms with E-state index >= 15 is 0 Å². The molecule has 0 unspecified atom stereocenters. The van der Waals surface area contributed by atoms with Gasteiger partial charge in [0.1, 0.15) is 17.0 Å². The fraction of sp³-hybridized carbons (Fsp3) is 0.269. The second kappa shape index (κ2) is 9.79. The highest BCUT2D eigenvalue weighted by Gasteiger charge is 2.27. The number of carbonyl (C=O) groups excluding carboxylic acids is 1. The van der Waals surface area contributed by atoms with Crippen LogP contribution in [0.4, 0.5) is 8.78 Å². The van der Waals surface area contributed by atoms with E-state index < -0.39 is 6.43 Å². The smallest absolute Gasteiger partial charge is 0.280 e. The molecule has 1 aliphatic heterocycles. The molecule has 2 aromatic carbocycles. The summed E-state index contributed by atoms with van der Waals surface area (Å²) in [6.45, 7) is 3.35. The molecule has 0 spiro atoms. The number of amides is 1. The Balaban J connectivity index is 1.42. The van der Waals surface area contributed by atoms with E-state index in [2.05, 4.69) is 27.1 Å². The lowest BCUT2D eigenvalue weighted by atomic mass is 10.1. The van der Waals surface area contributed by atoms with E-state index in [9.17, 15) is 13.6 Å². The van der Waals surface area contributed by atoms with Gasteiger partial charge in [0.2, 0.25) is 0 Å². The third-order valence-electron chi connectivity index (χ3n) is 6.24. The lowest BCUT2D eigenvalue weighted by Crippen LogP contribution is -2.48. The maximum Gasteiger partial charge on any atom is 0.280 e. The van der Waals surface area contributed by atoms with Crippen molar-refractivity contribution in [1.82, 2.24) is 24.4 Å². The average Bonchev–Trinajstić information content (AvgIpc) is 3.32. The highest BCUT2D eigenvalue weighted by Crippen LogP contribution is 2.32. The van der Waals surface area contributed by atoms with Gasteiger partial charge in [0, 0.05) is 38.3 Å². The van der Waals surface area contributed by atoms with Gasteiger partial charge in [-0.1, -0.05) is 42.5 Å². The zero-order valence-electron chi connectivity index (χ0n) is 19.3. The molecule has 0 radical (unpaired) electrons. The minimum atomic E-state index is -2.79. The Kier molecular flexibility index (Phi) is 6.41. The number of hydrogen-bond donors (Lipinski definition) is 0. The van der Waals surface area contributed by atoms with Crippen molar-refractivity contribution in [3.8, 4) is 17.0 Å². The summed E-state index contributed by atoms with van der Waals surface area (Å²) in [6, 6.07) is 18.5. The van der Waals surface area contributed by atoms with Crippen molar-refractivity contribution in [2.45, 2.75) is 13.0 Å². The van der Waals surface area contributed by atoms with E-state index in [-0.39, 0.29) is 22.8 Å². The monoisotopic (exact) mass is 477 g/mol. The van der Waals surface area contributed by atoms with Gasteiger partial charge in [-0.25, -0.2) is 18.3 Å². The van der Waals surface area contributed by atoms with Gasteiger partial charge in [0.15, 0.2) is 5.65 Å². The quantitative estimate of drug-likeness (QED) is 0.414. The third kappa shape index (κ3) is 4.59. The van der Waals surface area contributed by atoms with Gasteiger partial charge in [-0.3, -0.25) is 9.69 Å². The van der Waals surface area contributed by atoms with Crippen molar-refractivity contribution in [2.24, 2.45) is 0 Å². The van der Waals surface area contributed by atoms with Crippen LogP contribution < -0.4 is 4.74 Å². The number of methoxy groups -OCH3 is 1. The normalized spacial score (nSPS) is 14.6. The van der Waals surface area contributed by atoms with Crippen molar-refractivity contribution in [3.05, 3.63) is 83.7 Å². The molecule has 3 heterocycles. The maximum atomic E-state index is 13.9. The molecule has 9 heteroatoms. The minimum absolute atomic E-state index is 0.112. The Morgan fingerprint density at radius 1 is 1.03 bits per heavy atom. The molecule has 0 aliphatic carbocycles. The molecule has 4 aromatic rings. The minimum Gasteiger partial charge on any atom is -0.496 e. The van der Waals surface area contributed by atoms with Gasteiger partial charge >= 0.3 is 0 Å². The molecule has 1 amide bonds. The number of nitrogens with zero attached hydrogens (tertiary/aromatic N) is 5. The van der Waals surface area contributed by atoms with E-state index in [0.717, 1.165) is 24.1 Å². The Bertz CT molecular complexity index is 1330. The number of rotatable bonds is 6. The van der Waals surface area contributed by atoms with Crippen LogP contribution in [0.25, 0.3) is 16.9 Å². The number of piperazine rings is 1. The largest absolute Gasteiger partial charge is 0.496 e. The molecule has 1 aliphatic rings. The number of para-hydroxylation sites is 1. The molecular formula is C26H25F2N5O2. The maximum absolute atomic E-state index is 13.9. The summed E-state index contributed by atoms with van der Waals surface area (Å²) in [5.74, 6) is 0.246. The molecule has 1 saturated heterocycles. The van der Waals surface area contributed by atoms with Gasteiger partial charge in [-0.05, 0) is 23.8 Å². The van der Waals surface area contributed by atoms with Gasteiger partial charge < -0.3 is 9.64 Å². The lowest BCUT2D eigenvalue weighted by Gasteiger charge is -2.34. The number of ether oxygens (including phenoxy) is 1. The van der Waals surface area contributed by atoms with Gasteiger partial charge in [-0.2, -0.15) is 5.10 Å².